The van der Waals surface area contributed by atoms with Crippen LogP contribution < -0.4 is 15.6 Å². The number of benzene rings is 2. The lowest BCUT2D eigenvalue weighted by Gasteiger charge is -2.16. The minimum Gasteiger partial charge on any atom is -0.497 e. The van der Waals surface area contributed by atoms with Crippen LogP contribution in [0.5, 0.6) is 5.75 Å². The highest BCUT2D eigenvalue weighted by molar-refractivity contribution is 5.95. The molecule has 4 aromatic rings. The maximum Gasteiger partial charge on any atom is 0.297 e. The molecule has 0 bridgehead atoms. The molecule has 0 radical (unpaired) electrons. The second kappa shape index (κ2) is 8.06. The lowest BCUT2D eigenvalue weighted by molar-refractivity contribution is -0.119. The minimum atomic E-state index is -0.876. The largest absolute Gasteiger partial charge is 0.497 e. The number of hydrogen-bond acceptors (Lipinski definition) is 6. The smallest absolute Gasteiger partial charge is 0.297 e. The summed E-state index contributed by atoms with van der Waals surface area (Å²) in [5.41, 5.74) is 2.50. The van der Waals surface area contributed by atoms with Gasteiger partial charge >= 0.3 is 0 Å². The Bertz CT molecular complexity index is 1340. The molecule has 0 aliphatic carbocycles. The third-order valence-electron chi connectivity index (χ3n) is 5.09. The molecule has 8 nitrogen and oxygen atoms in total. The highest BCUT2D eigenvalue weighted by Gasteiger charge is 2.24. The monoisotopic (exact) mass is 418 g/mol. The van der Waals surface area contributed by atoms with E-state index in [0.717, 1.165) is 15.8 Å². The van der Waals surface area contributed by atoms with Crippen molar-refractivity contribution < 1.29 is 14.1 Å². The highest BCUT2D eigenvalue weighted by atomic mass is 16.5. The van der Waals surface area contributed by atoms with E-state index in [2.05, 4.69) is 15.6 Å². The number of carbonyl (C=O) groups is 1. The van der Waals surface area contributed by atoms with Crippen LogP contribution in [0.25, 0.3) is 22.2 Å². The van der Waals surface area contributed by atoms with Gasteiger partial charge in [0.1, 0.15) is 23.2 Å². The number of rotatable bonds is 5. The van der Waals surface area contributed by atoms with Crippen molar-refractivity contribution >= 4 is 22.5 Å². The van der Waals surface area contributed by atoms with Gasteiger partial charge in [-0.2, -0.15) is 5.10 Å². The van der Waals surface area contributed by atoms with Gasteiger partial charge < -0.3 is 14.6 Å². The molecule has 158 valence electrons. The average molecular weight is 418 g/mol. The molecule has 0 aliphatic rings. The fourth-order valence-electron chi connectivity index (χ4n) is 3.42. The van der Waals surface area contributed by atoms with Crippen molar-refractivity contribution in [3.63, 3.8) is 0 Å². The second-order valence-corrected chi connectivity index (χ2v) is 7.33. The molecule has 2 aromatic heterocycles. The summed E-state index contributed by atoms with van der Waals surface area (Å²) in [4.78, 5) is 26.0. The first-order chi connectivity index (χ1) is 14.9. The van der Waals surface area contributed by atoms with Gasteiger partial charge in [-0.15, -0.1) is 0 Å². The Morgan fingerprint density at radius 2 is 1.94 bits per heavy atom. The Hall–Kier alpha value is -3.94. The number of fused-ring (bicyclic) bond motifs is 1. The maximum atomic E-state index is 13.1. The average Bonchev–Trinajstić information content (AvgIpc) is 3.16. The SMILES string of the molecule is COc1cccc(-c2nn([C@H](C)C(=O)Nc3cccc(C)c3)c(=O)c3noc(C)c23)c1. The molecule has 0 spiro atoms. The Kier molecular flexibility index (Phi) is 5.29. The Morgan fingerprint density at radius 3 is 2.68 bits per heavy atom. The summed E-state index contributed by atoms with van der Waals surface area (Å²) in [5.74, 6) is 0.752. The Balaban J connectivity index is 1.82. The van der Waals surface area contributed by atoms with Crippen molar-refractivity contribution in [3.05, 3.63) is 70.2 Å². The van der Waals surface area contributed by atoms with Crippen LogP contribution in [0.1, 0.15) is 24.3 Å². The number of aryl methyl sites for hydroxylation is 2. The number of nitrogens with one attached hydrogen (secondary N) is 1. The van der Waals surface area contributed by atoms with Gasteiger partial charge in [0.15, 0.2) is 5.52 Å². The topological polar surface area (TPSA) is 99.2 Å². The van der Waals surface area contributed by atoms with Gasteiger partial charge in [-0.3, -0.25) is 9.59 Å². The van der Waals surface area contributed by atoms with E-state index in [1.807, 2.05) is 43.3 Å². The molecule has 0 fully saturated rings. The molecule has 2 heterocycles. The van der Waals surface area contributed by atoms with E-state index in [9.17, 15) is 9.59 Å². The van der Waals surface area contributed by atoms with E-state index in [1.165, 1.54) is 0 Å². The number of anilines is 1. The van der Waals surface area contributed by atoms with E-state index in [0.29, 0.717) is 28.3 Å². The zero-order chi connectivity index (χ0) is 22.1. The van der Waals surface area contributed by atoms with E-state index >= 15 is 0 Å². The number of methoxy groups -OCH3 is 1. The predicted octanol–water partition coefficient (Wildman–Crippen LogP) is 3.88. The van der Waals surface area contributed by atoms with Gasteiger partial charge in [0.05, 0.1) is 12.5 Å². The molecule has 8 heteroatoms. The molecule has 1 atom stereocenters. The van der Waals surface area contributed by atoms with Gasteiger partial charge in [-0.05, 0) is 50.6 Å². The van der Waals surface area contributed by atoms with Crippen LogP contribution in [-0.4, -0.2) is 28.0 Å². The molecule has 1 N–H and O–H groups in total. The Morgan fingerprint density at radius 1 is 1.16 bits per heavy atom. The van der Waals surface area contributed by atoms with Crippen LogP contribution in [0, 0.1) is 13.8 Å². The number of hydrogen-bond donors (Lipinski definition) is 1. The fraction of sp³-hybridized carbons (Fsp3) is 0.217. The summed E-state index contributed by atoms with van der Waals surface area (Å²) in [6.07, 6.45) is 0. The van der Waals surface area contributed by atoms with Crippen molar-refractivity contribution in [1.82, 2.24) is 14.9 Å². The molecule has 0 saturated heterocycles. The molecule has 0 unspecified atom stereocenters. The van der Waals surface area contributed by atoms with Crippen LogP contribution in [0.4, 0.5) is 5.69 Å². The van der Waals surface area contributed by atoms with Crippen molar-refractivity contribution in [3.8, 4) is 17.0 Å². The lowest BCUT2D eigenvalue weighted by atomic mass is 10.1. The number of carbonyl (C=O) groups excluding carboxylic acids is 1. The number of nitrogens with zero attached hydrogens (tertiary/aromatic N) is 3. The molecule has 2 aromatic carbocycles. The fourth-order valence-corrected chi connectivity index (χ4v) is 3.42. The Labute approximate surface area is 178 Å². The van der Waals surface area contributed by atoms with E-state index in [1.54, 1.807) is 33.1 Å². The summed E-state index contributed by atoms with van der Waals surface area (Å²) in [6, 6.07) is 13.9. The van der Waals surface area contributed by atoms with Gasteiger partial charge in [-0.1, -0.05) is 29.4 Å². The van der Waals surface area contributed by atoms with Crippen LogP contribution in [0.2, 0.25) is 0 Å². The van der Waals surface area contributed by atoms with Gasteiger partial charge in [0.25, 0.3) is 5.56 Å². The molecule has 4 rings (SSSR count). The van der Waals surface area contributed by atoms with Crippen molar-refractivity contribution in [2.24, 2.45) is 0 Å². The lowest BCUT2D eigenvalue weighted by Crippen LogP contribution is -2.34. The first kappa shape index (κ1) is 20.3. The minimum absolute atomic E-state index is 0.125. The maximum absolute atomic E-state index is 13.1. The van der Waals surface area contributed by atoms with Gasteiger partial charge in [0.2, 0.25) is 5.91 Å². The number of ether oxygens (including phenoxy) is 1. The third-order valence-corrected chi connectivity index (χ3v) is 5.09. The van der Waals surface area contributed by atoms with Crippen LogP contribution in [0.15, 0.2) is 57.8 Å². The van der Waals surface area contributed by atoms with Gasteiger partial charge in [0, 0.05) is 11.3 Å². The van der Waals surface area contributed by atoms with Crippen molar-refractivity contribution in [2.75, 3.05) is 12.4 Å². The first-order valence-electron chi connectivity index (χ1n) is 9.80. The normalized spacial score (nSPS) is 12.0. The molecule has 0 saturated carbocycles. The molecule has 1 amide bonds. The summed E-state index contributed by atoms with van der Waals surface area (Å²) >= 11 is 0. The first-order valence-corrected chi connectivity index (χ1v) is 9.80. The van der Waals surface area contributed by atoms with Gasteiger partial charge in [-0.25, -0.2) is 4.68 Å². The molecular weight excluding hydrogens is 396 g/mol. The third kappa shape index (κ3) is 3.79. The zero-order valence-electron chi connectivity index (χ0n) is 17.7. The molecular formula is C23H22N4O4. The summed E-state index contributed by atoms with van der Waals surface area (Å²) in [6.45, 7) is 5.28. The van der Waals surface area contributed by atoms with E-state index in [-0.39, 0.29) is 11.4 Å². The van der Waals surface area contributed by atoms with Crippen LogP contribution >= 0.6 is 0 Å². The van der Waals surface area contributed by atoms with Crippen LogP contribution in [0.3, 0.4) is 0 Å². The molecule has 31 heavy (non-hydrogen) atoms. The predicted molar refractivity (Wildman–Crippen MR) is 117 cm³/mol. The van der Waals surface area contributed by atoms with Crippen molar-refractivity contribution in [2.45, 2.75) is 26.8 Å². The number of amides is 1. The standard InChI is InChI=1S/C23H22N4O4/c1-13-7-5-9-17(11-13)24-22(28)14(2)27-23(29)21-19(15(3)31-26-21)20(25-27)16-8-6-10-18(12-16)30-4/h5-12,14H,1-4H3,(H,24,28)/t14-/m1/s1. The number of aromatic nitrogens is 3. The summed E-state index contributed by atoms with van der Waals surface area (Å²) < 4.78 is 11.7. The van der Waals surface area contributed by atoms with E-state index in [4.69, 9.17) is 9.26 Å². The highest BCUT2D eigenvalue weighted by Crippen LogP contribution is 2.30. The molecule has 0 aliphatic heterocycles. The second-order valence-electron chi connectivity index (χ2n) is 7.33. The quantitative estimate of drug-likeness (QED) is 0.528. The summed E-state index contributed by atoms with van der Waals surface area (Å²) in [7, 11) is 1.57. The van der Waals surface area contributed by atoms with Crippen molar-refractivity contribution in [1.29, 1.82) is 0 Å². The summed E-state index contributed by atoms with van der Waals surface area (Å²) in [5, 5.41) is 11.8. The van der Waals surface area contributed by atoms with Crippen LogP contribution in [-0.2, 0) is 4.79 Å². The zero-order valence-corrected chi connectivity index (χ0v) is 17.7. The van der Waals surface area contributed by atoms with E-state index < -0.39 is 11.6 Å².